The van der Waals surface area contributed by atoms with E-state index in [1.807, 2.05) is 103 Å². The fourth-order valence-electron chi connectivity index (χ4n) is 4.12. The van der Waals surface area contributed by atoms with Crippen LogP contribution in [0.4, 0.5) is 11.4 Å². The molecule has 2 heterocycles. The van der Waals surface area contributed by atoms with Crippen LogP contribution in [-0.4, -0.2) is 28.2 Å². The van der Waals surface area contributed by atoms with Gasteiger partial charge in [-0.05, 0) is 79.7 Å². The van der Waals surface area contributed by atoms with E-state index in [2.05, 4.69) is 15.6 Å². The Balaban J connectivity index is 1.36. The Kier molecular flexibility index (Phi) is 7.09. The SMILES string of the molecule is CCOc1ccc(N=C2NC(=O)/C(=C\c3cn(CC(=O)Nc4cccc(C)c4)c4ccccc34)S2)cc1. The van der Waals surface area contributed by atoms with Crippen LogP contribution < -0.4 is 15.4 Å². The highest BCUT2D eigenvalue weighted by Crippen LogP contribution is 2.31. The molecule has 1 fully saturated rings. The standard InChI is InChI=1S/C29H26N4O3S/c1-3-36-23-13-11-21(12-14-23)31-29-32-28(35)26(37-29)16-20-17-33(25-10-5-4-9-24(20)25)18-27(34)30-22-8-6-7-19(2)15-22/h4-17H,3,18H2,1-2H3,(H,30,34)(H,31,32,35)/b26-16+. The first-order chi connectivity index (χ1) is 18.0. The topological polar surface area (TPSA) is 84.7 Å². The average Bonchev–Trinajstić information content (AvgIpc) is 3.40. The molecule has 1 aromatic heterocycles. The number of nitrogens with zero attached hydrogens (tertiary/aromatic N) is 2. The van der Waals surface area contributed by atoms with Crippen molar-refractivity contribution in [3.8, 4) is 5.75 Å². The van der Waals surface area contributed by atoms with E-state index in [-0.39, 0.29) is 18.4 Å². The molecule has 2 amide bonds. The molecule has 0 aliphatic carbocycles. The van der Waals surface area contributed by atoms with Crippen molar-refractivity contribution in [2.45, 2.75) is 20.4 Å². The van der Waals surface area contributed by atoms with Crippen LogP contribution in [0.3, 0.4) is 0 Å². The third kappa shape index (κ3) is 5.76. The largest absolute Gasteiger partial charge is 0.494 e. The van der Waals surface area contributed by atoms with Crippen LogP contribution >= 0.6 is 11.8 Å². The number of benzene rings is 3. The number of hydrogen-bond acceptors (Lipinski definition) is 5. The van der Waals surface area contributed by atoms with Crippen molar-refractivity contribution in [1.82, 2.24) is 9.88 Å². The number of ether oxygens (including phenoxy) is 1. The lowest BCUT2D eigenvalue weighted by molar-refractivity contribution is -0.117. The minimum Gasteiger partial charge on any atom is -0.494 e. The first kappa shape index (κ1) is 24.4. The van der Waals surface area contributed by atoms with Gasteiger partial charge < -0.3 is 19.9 Å². The summed E-state index contributed by atoms with van der Waals surface area (Å²) in [6.07, 6.45) is 3.75. The van der Waals surface area contributed by atoms with Crippen LogP contribution in [0.2, 0.25) is 0 Å². The summed E-state index contributed by atoms with van der Waals surface area (Å²) in [7, 11) is 0. The summed E-state index contributed by atoms with van der Waals surface area (Å²) in [6.45, 7) is 4.67. The number of rotatable bonds is 7. The maximum Gasteiger partial charge on any atom is 0.264 e. The number of nitrogens with one attached hydrogen (secondary N) is 2. The smallest absolute Gasteiger partial charge is 0.264 e. The highest BCUT2D eigenvalue weighted by atomic mass is 32.2. The number of aryl methyl sites for hydroxylation is 1. The van der Waals surface area contributed by atoms with E-state index >= 15 is 0 Å². The Bertz CT molecular complexity index is 1540. The van der Waals surface area contributed by atoms with Gasteiger partial charge in [0.15, 0.2) is 5.17 Å². The Morgan fingerprint density at radius 1 is 1.11 bits per heavy atom. The Morgan fingerprint density at radius 2 is 1.92 bits per heavy atom. The fourth-order valence-corrected chi connectivity index (χ4v) is 4.95. The molecule has 0 atom stereocenters. The minimum absolute atomic E-state index is 0.122. The van der Waals surface area contributed by atoms with E-state index in [0.717, 1.165) is 39.2 Å². The number of hydrogen-bond donors (Lipinski definition) is 2. The maximum atomic E-state index is 12.8. The van der Waals surface area contributed by atoms with Crippen molar-refractivity contribution in [3.63, 3.8) is 0 Å². The van der Waals surface area contributed by atoms with Crippen LogP contribution in [0.5, 0.6) is 5.75 Å². The number of thioether (sulfide) groups is 1. The lowest BCUT2D eigenvalue weighted by Crippen LogP contribution is -2.19. The molecule has 0 unspecified atom stereocenters. The van der Waals surface area contributed by atoms with Crippen LogP contribution in [0.15, 0.2) is 88.9 Å². The van der Waals surface area contributed by atoms with Crippen molar-refractivity contribution < 1.29 is 14.3 Å². The molecule has 5 rings (SSSR count). The van der Waals surface area contributed by atoms with E-state index in [9.17, 15) is 9.59 Å². The molecule has 0 bridgehead atoms. The summed E-state index contributed by atoms with van der Waals surface area (Å²) in [5, 5.41) is 7.27. The molecule has 0 radical (unpaired) electrons. The molecule has 4 aromatic rings. The van der Waals surface area contributed by atoms with Gasteiger partial charge in [0.05, 0.1) is 17.2 Å². The number of carbonyl (C=O) groups excluding carboxylic acids is 2. The molecule has 8 heteroatoms. The van der Waals surface area contributed by atoms with Gasteiger partial charge in [0.25, 0.3) is 5.91 Å². The number of carbonyl (C=O) groups is 2. The molecule has 37 heavy (non-hydrogen) atoms. The molecular formula is C29H26N4O3S. The Labute approximate surface area is 219 Å². The van der Waals surface area contributed by atoms with Crippen LogP contribution in [0.1, 0.15) is 18.1 Å². The van der Waals surface area contributed by atoms with Crippen molar-refractivity contribution >= 4 is 57.1 Å². The normalized spacial score (nSPS) is 15.4. The highest BCUT2D eigenvalue weighted by Gasteiger charge is 2.24. The molecule has 2 N–H and O–H groups in total. The molecule has 7 nitrogen and oxygen atoms in total. The van der Waals surface area contributed by atoms with Gasteiger partial charge in [0.1, 0.15) is 12.3 Å². The first-order valence-corrected chi connectivity index (χ1v) is 12.8. The minimum atomic E-state index is -0.205. The number of amides is 2. The van der Waals surface area contributed by atoms with E-state index in [0.29, 0.717) is 16.7 Å². The second-order valence-electron chi connectivity index (χ2n) is 8.56. The number of amidine groups is 1. The van der Waals surface area contributed by atoms with Crippen LogP contribution in [0.25, 0.3) is 17.0 Å². The lowest BCUT2D eigenvalue weighted by atomic mass is 10.1. The molecular weight excluding hydrogens is 484 g/mol. The molecule has 186 valence electrons. The van der Waals surface area contributed by atoms with Crippen molar-refractivity contribution in [2.75, 3.05) is 11.9 Å². The van der Waals surface area contributed by atoms with Crippen molar-refractivity contribution in [3.05, 3.63) is 95.0 Å². The summed E-state index contributed by atoms with van der Waals surface area (Å²) in [5.41, 5.74) is 4.35. The highest BCUT2D eigenvalue weighted by molar-refractivity contribution is 8.18. The van der Waals surface area contributed by atoms with Crippen LogP contribution in [0, 0.1) is 6.92 Å². The number of fused-ring (bicyclic) bond motifs is 1. The van der Waals surface area contributed by atoms with Gasteiger partial charge in [0, 0.05) is 28.4 Å². The van der Waals surface area contributed by atoms with E-state index < -0.39 is 0 Å². The van der Waals surface area contributed by atoms with Gasteiger partial charge in [-0.1, -0.05) is 30.3 Å². The number of anilines is 1. The molecule has 0 saturated carbocycles. The van der Waals surface area contributed by atoms with E-state index in [1.54, 1.807) is 0 Å². The molecule has 1 aliphatic rings. The maximum absolute atomic E-state index is 12.8. The lowest BCUT2D eigenvalue weighted by Gasteiger charge is -2.08. The van der Waals surface area contributed by atoms with Gasteiger partial charge >= 0.3 is 0 Å². The van der Waals surface area contributed by atoms with Gasteiger partial charge in [0.2, 0.25) is 5.91 Å². The van der Waals surface area contributed by atoms with E-state index in [4.69, 9.17) is 4.74 Å². The quantitative estimate of drug-likeness (QED) is 0.304. The Hall–Kier alpha value is -4.30. The third-order valence-electron chi connectivity index (χ3n) is 5.75. The fraction of sp³-hybridized carbons (Fsp3) is 0.138. The van der Waals surface area contributed by atoms with Crippen molar-refractivity contribution in [2.24, 2.45) is 4.99 Å². The number of para-hydroxylation sites is 1. The van der Waals surface area contributed by atoms with Gasteiger partial charge in [-0.2, -0.15) is 0 Å². The molecule has 0 spiro atoms. The average molecular weight is 511 g/mol. The Morgan fingerprint density at radius 3 is 2.70 bits per heavy atom. The molecule has 1 saturated heterocycles. The molecule has 3 aromatic carbocycles. The monoisotopic (exact) mass is 510 g/mol. The summed E-state index contributed by atoms with van der Waals surface area (Å²) >= 11 is 1.29. The summed E-state index contributed by atoms with van der Waals surface area (Å²) in [4.78, 5) is 30.6. The summed E-state index contributed by atoms with van der Waals surface area (Å²) in [5.74, 6) is 0.450. The third-order valence-corrected chi connectivity index (χ3v) is 6.66. The van der Waals surface area contributed by atoms with Gasteiger partial charge in [-0.3, -0.25) is 9.59 Å². The van der Waals surface area contributed by atoms with E-state index in [1.165, 1.54) is 11.8 Å². The zero-order chi connectivity index (χ0) is 25.8. The zero-order valence-electron chi connectivity index (χ0n) is 20.5. The van der Waals surface area contributed by atoms with Crippen molar-refractivity contribution in [1.29, 1.82) is 0 Å². The summed E-state index contributed by atoms with van der Waals surface area (Å²) in [6, 6.07) is 23.0. The van der Waals surface area contributed by atoms with Gasteiger partial charge in [-0.15, -0.1) is 0 Å². The first-order valence-electron chi connectivity index (χ1n) is 12.0. The second-order valence-corrected chi connectivity index (χ2v) is 9.59. The predicted octanol–water partition coefficient (Wildman–Crippen LogP) is 5.88. The zero-order valence-corrected chi connectivity index (χ0v) is 21.3. The summed E-state index contributed by atoms with van der Waals surface area (Å²) < 4.78 is 7.37. The predicted molar refractivity (Wildman–Crippen MR) is 150 cm³/mol. The molecule has 1 aliphatic heterocycles. The number of aromatic nitrogens is 1. The van der Waals surface area contributed by atoms with Crippen LogP contribution in [-0.2, 0) is 16.1 Å². The second kappa shape index (κ2) is 10.8. The number of aliphatic imine (C=N–C) groups is 1. The van der Waals surface area contributed by atoms with Gasteiger partial charge in [-0.25, -0.2) is 4.99 Å².